The maximum absolute atomic E-state index is 13.8. The molecule has 0 spiro atoms. The molecule has 3 heterocycles. The van der Waals surface area contributed by atoms with Crippen molar-refractivity contribution in [3.8, 4) is 0 Å². The van der Waals surface area contributed by atoms with E-state index in [1.165, 1.54) is 4.90 Å². The summed E-state index contributed by atoms with van der Waals surface area (Å²) in [6.07, 6.45) is 3.79. The molecule has 3 aliphatic heterocycles. The number of anilines is 2. The van der Waals surface area contributed by atoms with Gasteiger partial charge in [-0.1, -0.05) is 58.4 Å². The molecule has 6 nitrogen and oxygen atoms in total. The third-order valence-corrected chi connectivity index (χ3v) is 7.39. The van der Waals surface area contributed by atoms with Gasteiger partial charge < -0.3 is 10.2 Å². The van der Waals surface area contributed by atoms with Crippen LogP contribution in [0.15, 0.2) is 89.5 Å². The summed E-state index contributed by atoms with van der Waals surface area (Å²) in [6, 6.07) is 22.9. The molecule has 2 fully saturated rings. The van der Waals surface area contributed by atoms with E-state index in [2.05, 4.69) is 21.2 Å². The number of rotatable bonds is 3. The Balaban J connectivity index is 1.45. The van der Waals surface area contributed by atoms with Crippen LogP contribution in [0.4, 0.5) is 11.4 Å². The van der Waals surface area contributed by atoms with Crippen LogP contribution in [0.1, 0.15) is 17.2 Å². The standard InChI is InChI=1S/C27H20BrN3O3/c28-17-10-12-19(13-11-17)31-26(33)21-22(27(31)34)24(25(32)29-18-7-2-1-3-8-18)30-15-14-16-6-4-5-9-20(16)23(21)30/h1-15,21-24H,(H,29,32)/t21-,22-,23+,24+/m0/s1. The molecule has 2 saturated heterocycles. The predicted octanol–water partition coefficient (Wildman–Crippen LogP) is 4.60. The van der Waals surface area contributed by atoms with Gasteiger partial charge >= 0.3 is 0 Å². The van der Waals surface area contributed by atoms with E-state index in [1.807, 2.05) is 59.6 Å². The van der Waals surface area contributed by atoms with Gasteiger partial charge in [0, 0.05) is 16.4 Å². The third kappa shape index (κ3) is 3.11. The largest absolute Gasteiger partial charge is 0.357 e. The molecule has 7 heteroatoms. The van der Waals surface area contributed by atoms with Crippen molar-refractivity contribution in [1.29, 1.82) is 0 Å². The number of amides is 3. The summed E-state index contributed by atoms with van der Waals surface area (Å²) in [4.78, 5) is 44.3. The van der Waals surface area contributed by atoms with E-state index in [1.54, 1.807) is 36.4 Å². The summed E-state index contributed by atoms with van der Waals surface area (Å²) in [7, 11) is 0. The van der Waals surface area contributed by atoms with Gasteiger partial charge in [0.05, 0.1) is 23.6 Å². The number of halogens is 1. The number of hydrogen-bond acceptors (Lipinski definition) is 4. The Hall–Kier alpha value is -3.71. The highest BCUT2D eigenvalue weighted by Crippen LogP contribution is 2.53. The average molecular weight is 514 g/mol. The van der Waals surface area contributed by atoms with Crippen molar-refractivity contribution in [2.75, 3.05) is 10.2 Å². The van der Waals surface area contributed by atoms with Crippen LogP contribution < -0.4 is 10.2 Å². The zero-order valence-electron chi connectivity index (χ0n) is 18.0. The topological polar surface area (TPSA) is 69.7 Å². The fraction of sp³-hybridized carbons (Fsp3) is 0.148. The number of imide groups is 1. The normalized spacial score (nSPS) is 24.6. The van der Waals surface area contributed by atoms with Gasteiger partial charge in [-0.25, -0.2) is 4.90 Å². The first kappa shape index (κ1) is 20.9. The minimum Gasteiger partial charge on any atom is -0.357 e. The lowest BCUT2D eigenvalue weighted by Gasteiger charge is -2.35. The Kier molecular flexibility index (Phi) is 4.88. The van der Waals surface area contributed by atoms with E-state index in [0.717, 1.165) is 15.6 Å². The summed E-state index contributed by atoms with van der Waals surface area (Å²) >= 11 is 3.40. The number of para-hydroxylation sites is 1. The van der Waals surface area contributed by atoms with E-state index in [4.69, 9.17) is 0 Å². The maximum atomic E-state index is 13.8. The summed E-state index contributed by atoms with van der Waals surface area (Å²) in [6.45, 7) is 0. The van der Waals surface area contributed by atoms with E-state index in [9.17, 15) is 14.4 Å². The number of fused-ring (bicyclic) bond motifs is 5. The van der Waals surface area contributed by atoms with Gasteiger partial charge in [0.1, 0.15) is 6.04 Å². The van der Waals surface area contributed by atoms with Crippen LogP contribution in [0.25, 0.3) is 6.08 Å². The van der Waals surface area contributed by atoms with Gasteiger partial charge in [-0.2, -0.15) is 0 Å². The molecule has 0 aromatic heterocycles. The van der Waals surface area contributed by atoms with Crippen molar-refractivity contribution in [3.63, 3.8) is 0 Å². The van der Waals surface area contributed by atoms with Crippen LogP contribution >= 0.6 is 15.9 Å². The first-order chi connectivity index (χ1) is 16.5. The highest BCUT2D eigenvalue weighted by atomic mass is 79.9. The maximum Gasteiger partial charge on any atom is 0.247 e. The van der Waals surface area contributed by atoms with Crippen LogP contribution in [0.2, 0.25) is 0 Å². The second kappa shape index (κ2) is 7.95. The smallest absolute Gasteiger partial charge is 0.247 e. The molecule has 3 aliphatic rings. The molecule has 0 saturated carbocycles. The molecule has 168 valence electrons. The molecule has 0 aliphatic carbocycles. The molecule has 0 bridgehead atoms. The molecule has 3 amide bonds. The lowest BCUT2D eigenvalue weighted by Crippen LogP contribution is -2.46. The molecule has 0 radical (unpaired) electrons. The highest BCUT2D eigenvalue weighted by Gasteiger charge is 2.64. The molecule has 0 unspecified atom stereocenters. The van der Waals surface area contributed by atoms with Crippen LogP contribution in [-0.4, -0.2) is 28.7 Å². The van der Waals surface area contributed by atoms with Crippen LogP contribution in [0.3, 0.4) is 0 Å². The number of carbonyl (C=O) groups excluding carboxylic acids is 3. The molecular weight excluding hydrogens is 494 g/mol. The summed E-state index contributed by atoms with van der Waals surface area (Å²) < 4.78 is 0.855. The van der Waals surface area contributed by atoms with Crippen molar-refractivity contribution < 1.29 is 14.4 Å². The zero-order chi connectivity index (χ0) is 23.4. The van der Waals surface area contributed by atoms with Gasteiger partial charge in [-0.3, -0.25) is 14.4 Å². The van der Waals surface area contributed by atoms with E-state index in [0.29, 0.717) is 11.4 Å². The third-order valence-electron chi connectivity index (χ3n) is 6.86. The van der Waals surface area contributed by atoms with Gasteiger partial charge in [-0.15, -0.1) is 0 Å². The van der Waals surface area contributed by atoms with Crippen molar-refractivity contribution in [1.82, 2.24) is 4.90 Å². The fourth-order valence-corrected chi connectivity index (χ4v) is 5.70. The molecule has 4 atom stereocenters. The summed E-state index contributed by atoms with van der Waals surface area (Å²) in [5.41, 5.74) is 3.11. The molecule has 34 heavy (non-hydrogen) atoms. The first-order valence-electron chi connectivity index (χ1n) is 11.1. The van der Waals surface area contributed by atoms with E-state index < -0.39 is 23.9 Å². The minimum atomic E-state index is -0.809. The van der Waals surface area contributed by atoms with Crippen molar-refractivity contribution in [3.05, 3.63) is 101 Å². The zero-order valence-corrected chi connectivity index (χ0v) is 19.6. The van der Waals surface area contributed by atoms with Crippen molar-refractivity contribution in [2.45, 2.75) is 12.1 Å². The van der Waals surface area contributed by atoms with Crippen molar-refractivity contribution in [2.24, 2.45) is 11.8 Å². The number of nitrogens with one attached hydrogen (secondary N) is 1. The minimum absolute atomic E-state index is 0.271. The lowest BCUT2D eigenvalue weighted by molar-refractivity contribution is -0.128. The number of carbonyl (C=O) groups is 3. The van der Waals surface area contributed by atoms with Crippen LogP contribution in [0, 0.1) is 11.8 Å². The fourth-order valence-electron chi connectivity index (χ4n) is 5.44. The summed E-state index contributed by atoms with van der Waals surface area (Å²) in [5.74, 6) is -2.36. The Bertz CT molecular complexity index is 1340. The Morgan fingerprint density at radius 3 is 2.26 bits per heavy atom. The second-order valence-electron chi connectivity index (χ2n) is 8.68. The first-order valence-corrected chi connectivity index (χ1v) is 11.9. The SMILES string of the molecule is O=C(Nc1ccccc1)[C@H]1[C@H]2C(=O)N(c3ccc(Br)cc3)C(=O)[C@@H]2[C@H]2c3ccccc3C=CN21. The second-order valence-corrected chi connectivity index (χ2v) is 9.59. The van der Waals surface area contributed by atoms with Crippen LogP contribution in [0.5, 0.6) is 0 Å². The summed E-state index contributed by atoms with van der Waals surface area (Å²) in [5, 5.41) is 2.95. The molecular formula is C27H20BrN3O3. The molecule has 3 aromatic carbocycles. The Morgan fingerprint density at radius 1 is 0.824 bits per heavy atom. The Labute approximate surface area is 205 Å². The number of nitrogens with zero attached hydrogens (tertiary/aromatic N) is 2. The monoisotopic (exact) mass is 513 g/mol. The van der Waals surface area contributed by atoms with Crippen molar-refractivity contribution >= 4 is 51.1 Å². The van der Waals surface area contributed by atoms with Gasteiger partial charge in [0.15, 0.2) is 0 Å². The molecule has 1 N–H and O–H groups in total. The Morgan fingerprint density at radius 2 is 1.50 bits per heavy atom. The molecule has 3 aromatic rings. The van der Waals surface area contributed by atoms with Gasteiger partial charge in [0.2, 0.25) is 17.7 Å². The number of benzene rings is 3. The van der Waals surface area contributed by atoms with Gasteiger partial charge in [-0.05, 0) is 53.6 Å². The predicted molar refractivity (Wildman–Crippen MR) is 133 cm³/mol. The molecule has 6 rings (SSSR count). The quantitative estimate of drug-likeness (QED) is 0.519. The number of hydrogen-bond donors (Lipinski definition) is 1. The lowest BCUT2D eigenvalue weighted by atomic mass is 9.84. The van der Waals surface area contributed by atoms with E-state index >= 15 is 0 Å². The van der Waals surface area contributed by atoms with E-state index in [-0.39, 0.29) is 17.7 Å². The van der Waals surface area contributed by atoms with Crippen LogP contribution in [-0.2, 0) is 14.4 Å². The highest BCUT2D eigenvalue weighted by molar-refractivity contribution is 9.10. The van der Waals surface area contributed by atoms with Gasteiger partial charge in [0.25, 0.3) is 0 Å². The average Bonchev–Trinajstić information content (AvgIpc) is 3.33.